The average Bonchev–Trinajstić information content (AvgIpc) is 2.46. The summed E-state index contributed by atoms with van der Waals surface area (Å²) in [6.45, 7) is 4.13. The lowest BCUT2D eigenvalue weighted by Gasteiger charge is -2.37. The summed E-state index contributed by atoms with van der Waals surface area (Å²) in [5.41, 5.74) is 0. The van der Waals surface area contributed by atoms with Crippen molar-refractivity contribution in [1.82, 2.24) is 8.61 Å². The van der Waals surface area contributed by atoms with Gasteiger partial charge in [-0.1, -0.05) is 6.92 Å². The number of piperidine rings is 2. The van der Waals surface area contributed by atoms with E-state index in [1.54, 1.807) is 4.31 Å². The third-order valence-electron chi connectivity index (χ3n) is 4.26. The highest BCUT2D eigenvalue weighted by Crippen LogP contribution is 2.25. The highest BCUT2D eigenvalue weighted by Gasteiger charge is 2.36. The second kappa shape index (κ2) is 6.41. The Morgan fingerprint density at radius 3 is 2.30 bits per heavy atom. The van der Waals surface area contributed by atoms with Gasteiger partial charge in [-0.05, 0) is 31.6 Å². The summed E-state index contributed by atoms with van der Waals surface area (Å²) in [5, 5.41) is 0. The van der Waals surface area contributed by atoms with Crippen molar-refractivity contribution in [2.24, 2.45) is 11.8 Å². The molecule has 2 heterocycles. The largest absolute Gasteiger partial charge is 0.469 e. The van der Waals surface area contributed by atoms with Crippen LogP contribution in [0.2, 0.25) is 0 Å². The molecule has 0 bridgehead atoms. The lowest BCUT2D eigenvalue weighted by atomic mass is 9.99. The van der Waals surface area contributed by atoms with Crippen LogP contribution in [0.1, 0.15) is 32.6 Å². The molecule has 2 rings (SSSR count). The molecule has 0 aliphatic carbocycles. The molecule has 1 atom stereocenters. The Morgan fingerprint density at radius 2 is 1.75 bits per heavy atom. The normalized spacial score (nSPS) is 27.4. The van der Waals surface area contributed by atoms with E-state index in [-0.39, 0.29) is 11.9 Å². The van der Waals surface area contributed by atoms with Gasteiger partial charge in [0.1, 0.15) is 0 Å². The van der Waals surface area contributed by atoms with Gasteiger partial charge in [0.05, 0.1) is 13.0 Å². The van der Waals surface area contributed by atoms with Gasteiger partial charge in [0.2, 0.25) is 0 Å². The highest BCUT2D eigenvalue weighted by atomic mass is 32.2. The van der Waals surface area contributed by atoms with Gasteiger partial charge in [-0.25, -0.2) is 0 Å². The molecule has 2 aliphatic heterocycles. The Kier molecular flexibility index (Phi) is 5.04. The summed E-state index contributed by atoms with van der Waals surface area (Å²) < 4.78 is 33.0. The number of carbonyl (C=O) groups is 1. The summed E-state index contributed by atoms with van der Waals surface area (Å²) >= 11 is 0. The van der Waals surface area contributed by atoms with Crippen LogP contribution in [0.4, 0.5) is 0 Å². The van der Waals surface area contributed by atoms with E-state index in [0.29, 0.717) is 44.9 Å². The smallest absolute Gasteiger partial charge is 0.308 e. The van der Waals surface area contributed by atoms with Crippen molar-refractivity contribution in [2.75, 3.05) is 33.3 Å². The maximum absolute atomic E-state index is 12.6. The topological polar surface area (TPSA) is 66.9 Å². The van der Waals surface area contributed by atoms with E-state index in [1.165, 1.54) is 11.4 Å². The first-order chi connectivity index (χ1) is 9.45. The molecule has 0 aromatic rings. The second-order valence-electron chi connectivity index (χ2n) is 5.81. The molecule has 0 spiro atoms. The lowest BCUT2D eigenvalue weighted by molar-refractivity contribution is -0.146. The molecule has 0 saturated carbocycles. The van der Waals surface area contributed by atoms with Crippen LogP contribution in [-0.2, 0) is 19.7 Å². The van der Waals surface area contributed by atoms with Crippen molar-refractivity contribution >= 4 is 16.2 Å². The zero-order valence-electron chi connectivity index (χ0n) is 12.2. The minimum absolute atomic E-state index is 0.160. The van der Waals surface area contributed by atoms with Crippen molar-refractivity contribution in [1.29, 1.82) is 0 Å². The molecule has 0 N–H and O–H groups in total. The fraction of sp³-hybridized carbons (Fsp3) is 0.923. The molecule has 2 aliphatic rings. The molecule has 1 unspecified atom stereocenters. The molecule has 0 aromatic carbocycles. The molecular formula is C13H24N2O4S. The van der Waals surface area contributed by atoms with Gasteiger partial charge in [-0.3, -0.25) is 4.79 Å². The molecule has 20 heavy (non-hydrogen) atoms. The Labute approximate surface area is 121 Å². The highest BCUT2D eigenvalue weighted by molar-refractivity contribution is 7.86. The zero-order chi connectivity index (χ0) is 14.8. The van der Waals surface area contributed by atoms with Gasteiger partial charge in [0.15, 0.2) is 0 Å². The van der Waals surface area contributed by atoms with Gasteiger partial charge in [-0.15, -0.1) is 0 Å². The summed E-state index contributed by atoms with van der Waals surface area (Å²) in [6.07, 6.45) is 3.13. The molecule has 0 aromatic heterocycles. The molecule has 0 radical (unpaired) electrons. The van der Waals surface area contributed by atoms with Crippen LogP contribution in [0.15, 0.2) is 0 Å². The Balaban J connectivity index is 1.96. The van der Waals surface area contributed by atoms with Crippen molar-refractivity contribution in [3.63, 3.8) is 0 Å². The first-order valence-corrected chi connectivity index (χ1v) is 8.68. The molecule has 116 valence electrons. The van der Waals surface area contributed by atoms with Crippen LogP contribution in [0.25, 0.3) is 0 Å². The number of esters is 1. The molecular weight excluding hydrogens is 280 g/mol. The van der Waals surface area contributed by atoms with Gasteiger partial charge in [0.25, 0.3) is 10.2 Å². The van der Waals surface area contributed by atoms with Crippen molar-refractivity contribution in [3.8, 4) is 0 Å². The minimum Gasteiger partial charge on any atom is -0.469 e. The summed E-state index contributed by atoms with van der Waals surface area (Å²) in [7, 11) is -1.98. The number of ether oxygens (including phenoxy) is 1. The number of hydrogen-bond donors (Lipinski definition) is 0. The molecule has 2 saturated heterocycles. The number of methoxy groups -OCH3 is 1. The van der Waals surface area contributed by atoms with Crippen molar-refractivity contribution < 1.29 is 17.9 Å². The van der Waals surface area contributed by atoms with Crippen LogP contribution in [0.5, 0.6) is 0 Å². The summed E-state index contributed by atoms with van der Waals surface area (Å²) in [6, 6.07) is 0. The van der Waals surface area contributed by atoms with Gasteiger partial charge < -0.3 is 4.74 Å². The van der Waals surface area contributed by atoms with Gasteiger partial charge >= 0.3 is 5.97 Å². The standard InChI is InChI=1S/C13H24N2O4S/c1-11-4-3-7-15(10-11)20(17,18)14-8-5-12(6-9-14)13(16)19-2/h11-12H,3-10H2,1-2H3. The van der Waals surface area contributed by atoms with Crippen LogP contribution < -0.4 is 0 Å². The Morgan fingerprint density at radius 1 is 1.10 bits per heavy atom. The summed E-state index contributed by atoms with van der Waals surface area (Å²) in [4.78, 5) is 11.5. The third-order valence-corrected chi connectivity index (χ3v) is 6.26. The van der Waals surface area contributed by atoms with Crippen LogP contribution in [0, 0.1) is 11.8 Å². The SMILES string of the molecule is COC(=O)C1CCN(S(=O)(=O)N2CCCC(C)C2)CC1. The molecule has 0 amide bonds. The van der Waals surface area contributed by atoms with E-state index in [0.717, 1.165) is 12.8 Å². The van der Waals surface area contributed by atoms with E-state index in [2.05, 4.69) is 6.92 Å². The van der Waals surface area contributed by atoms with E-state index in [9.17, 15) is 13.2 Å². The fourth-order valence-corrected chi connectivity index (χ4v) is 4.81. The quantitative estimate of drug-likeness (QED) is 0.725. The van der Waals surface area contributed by atoms with Crippen LogP contribution in [0.3, 0.4) is 0 Å². The maximum atomic E-state index is 12.6. The van der Waals surface area contributed by atoms with Crippen molar-refractivity contribution in [3.05, 3.63) is 0 Å². The van der Waals surface area contributed by atoms with Gasteiger partial charge in [-0.2, -0.15) is 17.0 Å². The van der Waals surface area contributed by atoms with E-state index < -0.39 is 10.2 Å². The predicted molar refractivity (Wildman–Crippen MR) is 75.2 cm³/mol. The second-order valence-corrected chi connectivity index (χ2v) is 7.74. The lowest BCUT2D eigenvalue weighted by Crippen LogP contribution is -2.50. The number of hydrogen-bond acceptors (Lipinski definition) is 4. The number of carbonyl (C=O) groups excluding carboxylic acids is 1. The number of rotatable bonds is 3. The Bertz CT molecular complexity index is 443. The fourth-order valence-electron chi connectivity index (χ4n) is 3.01. The first kappa shape index (κ1) is 15.7. The first-order valence-electron chi connectivity index (χ1n) is 7.28. The predicted octanol–water partition coefficient (Wildman–Crippen LogP) is 0.848. The molecule has 7 heteroatoms. The van der Waals surface area contributed by atoms with Gasteiger partial charge in [0, 0.05) is 26.2 Å². The molecule has 2 fully saturated rings. The minimum atomic E-state index is -3.36. The van der Waals surface area contributed by atoms with Crippen molar-refractivity contribution in [2.45, 2.75) is 32.6 Å². The molecule has 6 nitrogen and oxygen atoms in total. The van der Waals surface area contributed by atoms with E-state index >= 15 is 0 Å². The monoisotopic (exact) mass is 304 g/mol. The third kappa shape index (κ3) is 3.32. The van der Waals surface area contributed by atoms with E-state index in [4.69, 9.17) is 4.74 Å². The van der Waals surface area contributed by atoms with Crippen LogP contribution >= 0.6 is 0 Å². The maximum Gasteiger partial charge on any atom is 0.308 e. The Hall–Kier alpha value is -0.660. The summed E-state index contributed by atoms with van der Waals surface area (Å²) in [5.74, 6) is 0.0338. The zero-order valence-corrected chi connectivity index (χ0v) is 13.1. The van der Waals surface area contributed by atoms with E-state index in [1.807, 2.05) is 0 Å². The number of nitrogens with zero attached hydrogens (tertiary/aromatic N) is 2. The van der Waals surface area contributed by atoms with Crippen LogP contribution in [-0.4, -0.2) is 56.3 Å². The average molecular weight is 304 g/mol.